The van der Waals surface area contributed by atoms with Crippen molar-refractivity contribution in [1.29, 1.82) is 0 Å². The first kappa shape index (κ1) is 26.7. The van der Waals surface area contributed by atoms with E-state index in [-0.39, 0.29) is 24.4 Å². The first-order valence-electron chi connectivity index (χ1n) is 13.0. The van der Waals surface area contributed by atoms with E-state index in [2.05, 4.69) is 22.8 Å². The summed E-state index contributed by atoms with van der Waals surface area (Å²) in [6.07, 6.45) is 5.39. The first-order valence-corrected chi connectivity index (χ1v) is 13.0. The summed E-state index contributed by atoms with van der Waals surface area (Å²) in [6, 6.07) is 33.9. The highest BCUT2D eigenvalue weighted by Crippen LogP contribution is 2.15. The Hall–Kier alpha value is -4.38. The maximum Gasteiger partial charge on any atom is 0.247 e. The number of benzene rings is 3. The van der Waals surface area contributed by atoms with Crippen LogP contribution in [0.4, 0.5) is 0 Å². The minimum atomic E-state index is -0.177. The van der Waals surface area contributed by atoms with E-state index in [1.165, 1.54) is 5.56 Å². The first-order chi connectivity index (χ1) is 18.5. The van der Waals surface area contributed by atoms with E-state index in [1.807, 2.05) is 110 Å². The van der Waals surface area contributed by atoms with E-state index < -0.39 is 0 Å². The van der Waals surface area contributed by atoms with Crippen molar-refractivity contribution in [3.8, 4) is 0 Å². The summed E-state index contributed by atoms with van der Waals surface area (Å²) in [5, 5.41) is 0. The standard InChI is InChI=1S/C33H35N3O2/c1-27(2)36(32(37)21-20-28-13-6-3-7-14-28)26-33(38)35(24-30-17-10-5-11-18-30)25-31-19-12-22-34(31)23-29-15-8-4-9-16-29/h3-22,27H,23-26H2,1-2H3. The van der Waals surface area contributed by atoms with E-state index in [1.54, 1.807) is 17.1 Å². The van der Waals surface area contributed by atoms with Gasteiger partial charge in [-0.05, 0) is 48.7 Å². The third-order valence-electron chi connectivity index (χ3n) is 6.47. The quantitative estimate of drug-likeness (QED) is 0.234. The molecule has 0 atom stereocenters. The molecule has 0 aliphatic heterocycles. The highest BCUT2D eigenvalue weighted by atomic mass is 16.2. The highest BCUT2D eigenvalue weighted by Gasteiger charge is 2.23. The molecule has 5 heteroatoms. The van der Waals surface area contributed by atoms with Crippen LogP contribution in [0.2, 0.25) is 0 Å². The Morgan fingerprint density at radius 3 is 2.00 bits per heavy atom. The van der Waals surface area contributed by atoms with E-state index >= 15 is 0 Å². The molecule has 4 rings (SSSR count). The lowest BCUT2D eigenvalue weighted by molar-refractivity contribution is -0.140. The van der Waals surface area contributed by atoms with Gasteiger partial charge < -0.3 is 14.4 Å². The van der Waals surface area contributed by atoms with Gasteiger partial charge in [-0.15, -0.1) is 0 Å². The molecule has 5 nitrogen and oxygen atoms in total. The molecule has 0 aliphatic rings. The monoisotopic (exact) mass is 505 g/mol. The van der Waals surface area contributed by atoms with Crippen LogP contribution in [0, 0.1) is 0 Å². The molecule has 3 aromatic carbocycles. The zero-order valence-electron chi connectivity index (χ0n) is 22.1. The second kappa shape index (κ2) is 13.2. The Kier molecular flexibility index (Phi) is 9.30. The fourth-order valence-electron chi connectivity index (χ4n) is 4.35. The molecule has 38 heavy (non-hydrogen) atoms. The lowest BCUT2D eigenvalue weighted by Gasteiger charge is -2.30. The Balaban J connectivity index is 1.52. The van der Waals surface area contributed by atoms with Crippen molar-refractivity contribution >= 4 is 17.9 Å². The van der Waals surface area contributed by atoms with Crippen LogP contribution in [0.15, 0.2) is 115 Å². The number of hydrogen-bond acceptors (Lipinski definition) is 2. The van der Waals surface area contributed by atoms with Gasteiger partial charge in [0, 0.05) is 37.1 Å². The van der Waals surface area contributed by atoms with Crippen LogP contribution in [-0.4, -0.2) is 38.8 Å². The summed E-state index contributed by atoms with van der Waals surface area (Å²) in [6.45, 7) is 5.55. The maximum absolute atomic E-state index is 13.7. The predicted octanol–water partition coefficient (Wildman–Crippen LogP) is 6.02. The van der Waals surface area contributed by atoms with Crippen LogP contribution in [0.25, 0.3) is 6.08 Å². The molecule has 0 unspecified atom stereocenters. The zero-order valence-corrected chi connectivity index (χ0v) is 22.1. The second-order valence-electron chi connectivity index (χ2n) is 9.65. The van der Waals surface area contributed by atoms with Gasteiger partial charge in [-0.25, -0.2) is 0 Å². The topological polar surface area (TPSA) is 45.6 Å². The van der Waals surface area contributed by atoms with E-state index in [4.69, 9.17) is 0 Å². The van der Waals surface area contributed by atoms with Crippen LogP contribution in [0.3, 0.4) is 0 Å². The van der Waals surface area contributed by atoms with E-state index in [9.17, 15) is 9.59 Å². The smallest absolute Gasteiger partial charge is 0.247 e. The third-order valence-corrected chi connectivity index (χ3v) is 6.47. The van der Waals surface area contributed by atoms with Gasteiger partial charge >= 0.3 is 0 Å². The minimum absolute atomic E-state index is 0.0157. The lowest BCUT2D eigenvalue weighted by atomic mass is 10.2. The summed E-state index contributed by atoms with van der Waals surface area (Å²) in [5.41, 5.74) is 4.24. The molecule has 2 amide bonds. The molecule has 0 fully saturated rings. The normalized spacial score (nSPS) is 11.1. The number of amides is 2. The van der Waals surface area contributed by atoms with Gasteiger partial charge in [-0.3, -0.25) is 9.59 Å². The second-order valence-corrected chi connectivity index (χ2v) is 9.65. The third kappa shape index (κ3) is 7.56. The van der Waals surface area contributed by atoms with Gasteiger partial charge in [0.1, 0.15) is 6.54 Å². The number of carbonyl (C=O) groups excluding carboxylic acids is 2. The molecular formula is C33H35N3O2. The van der Waals surface area contributed by atoms with Gasteiger partial charge in [0.15, 0.2) is 0 Å². The van der Waals surface area contributed by atoms with E-state index in [0.29, 0.717) is 13.1 Å². The van der Waals surface area contributed by atoms with Crippen LogP contribution in [0.5, 0.6) is 0 Å². The fraction of sp³-hybridized carbons (Fsp3) is 0.212. The molecule has 0 N–H and O–H groups in total. The van der Waals surface area contributed by atoms with Gasteiger partial charge in [0.05, 0.1) is 6.54 Å². The Labute approximate surface area is 225 Å². The molecule has 0 saturated heterocycles. The highest BCUT2D eigenvalue weighted by molar-refractivity contribution is 5.94. The number of aromatic nitrogens is 1. The van der Waals surface area contributed by atoms with Crippen molar-refractivity contribution < 1.29 is 9.59 Å². The van der Waals surface area contributed by atoms with Crippen LogP contribution >= 0.6 is 0 Å². The maximum atomic E-state index is 13.7. The molecule has 194 valence electrons. The molecule has 0 saturated carbocycles. The SMILES string of the molecule is CC(C)N(CC(=O)N(Cc1ccccc1)Cc1cccn1Cc1ccccc1)C(=O)C=Cc1ccccc1. The molecule has 1 heterocycles. The van der Waals surface area contributed by atoms with Gasteiger partial charge in [0.25, 0.3) is 0 Å². The minimum Gasteiger partial charge on any atom is -0.345 e. The van der Waals surface area contributed by atoms with Crippen molar-refractivity contribution in [3.05, 3.63) is 138 Å². The molecule has 0 spiro atoms. The molecule has 0 radical (unpaired) electrons. The predicted molar refractivity (Wildman–Crippen MR) is 153 cm³/mol. The van der Waals surface area contributed by atoms with E-state index in [0.717, 1.165) is 23.4 Å². The Morgan fingerprint density at radius 2 is 1.37 bits per heavy atom. The van der Waals surface area contributed by atoms with Crippen molar-refractivity contribution in [2.75, 3.05) is 6.54 Å². The summed E-state index contributed by atoms with van der Waals surface area (Å²) < 4.78 is 2.18. The van der Waals surface area contributed by atoms with Crippen molar-refractivity contribution in [1.82, 2.24) is 14.4 Å². The lowest BCUT2D eigenvalue weighted by Crippen LogP contribution is -2.45. The summed E-state index contributed by atoms with van der Waals surface area (Å²) in [5.74, 6) is -0.263. The number of rotatable bonds is 11. The molecule has 0 bridgehead atoms. The zero-order chi connectivity index (χ0) is 26.7. The summed E-state index contributed by atoms with van der Waals surface area (Å²) in [7, 11) is 0. The van der Waals surface area contributed by atoms with Crippen molar-refractivity contribution in [3.63, 3.8) is 0 Å². The van der Waals surface area contributed by atoms with Crippen LogP contribution in [0.1, 0.15) is 36.2 Å². The largest absolute Gasteiger partial charge is 0.345 e. The molecular weight excluding hydrogens is 470 g/mol. The number of nitrogens with zero attached hydrogens (tertiary/aromatic N) is 3. The van der Waals surface area contributed by atoms with Crippen molar-refractivity contribution in [2.45, 2.75) is 39.5 Å². The Bertz CT molecular complexity index is 1330. The van der Waals surface area contributed by atoms with Gasteiger partial charge in [-0.1, -0.05) is 91.0 Å². The average Bonchev–Trinajstić information content (AvgIpc) is 3.37. The van der Waals surface area contributed by atoms with Gasteiger partial charge in [-0.2, -0.15) is 0 Å². The fourth-order valence-corrected chi connectivity index (χ4v) is 4.35. The van der Waals surface area contributed by atoms with Crippen molar-refractivity contribution in [2.24, 2.45) is 0 Å². The molecule has 1 aromatic heterocycles. The van der Waals surface area contributed by atoms with Crippen LogP contribution < -0.4 is 0 Å². The average molecular weight is 506 g/mol. The molecule has 4 aromatic rings. The van der Waals surface area contributed by atoms with Gasteiger partial charge in [0.2, 0.25) is 11.8 Å². The number of carbonyl (C=O) groups is 2. The summed E-state index contributed by atoms with van der Waals surface area (Å²) >= 11 is 0. The van der Waals surface area contributed by atoms with Crippen LogP contribution in [-0.2, 0) is 29.2 Å². The Morgan fingerprint density at radius 1 is 0.763 bits per heavy atom. The summed E-state index contributed by atoms with van der Waals surface area (Å²) in [4.78, 5) is 30.3. The number of hydrogen-bond donors (Lipinski definition) is 0. The molecule has 0 aliphatic carbocycles.